The highest BCUT2D eigenvalue weighted by atomic mass is 32.2. The molecule has 7 nitrogen and oxygen atoms in total. The Morgan fingerprint density at radius 2 is 1.73 bits per heavy atom. The number of pyridine rings is 1. The van der Waals surface area contributed by atoms with E-state index in [4.69, 9.17) is 0 Å². The summed E-state index contributed by atoms with van der Waals surface area (Å²) in [6.07, 6.45) is 2.51. The predicted octanol–water partition coefficient (Wildman–Crippen LogP) is 2.59. The molecule has 160 valence electrons. The van der Waals surface area contributed by atoms with E-state index in [1.807, 2.05) is 24.9 Å². The average Bonchev–Trinajstić information content (AvgIpc) is 3.00. The molecule has 0 unspecified atom stereocenters. The van der Waals surface area contributed by atoms with Gasteiger partial charge in [0.05, 0.1) is 11.4 Å². The van der Waals surface area contributed by atoms with Crippen LogP contribution in [-0.2, 0) is 10.0 Å². The number of carbonyl (C=O) groups excluding carboxylic acids is 1. The number of carbonyl (C=O) groups is 1. The van der Waals surface area contributed by atoms with E-state index in [9.17, 15) is 13.2 Å². The number of hydrogen-bond acceptors (Lipinski definition) is 5. The van der Waals surface area contributed by atoms with Crippen LogP contribution in [0.15, 0.2) is 36.5 Å². The monoisotopic (exact) mass is 428 g/mol. The van der Waals surface area contributed by atoms with E-state index in [1.165, 1.54) is 4.31 Å². The molecule has 2 aliphatic rings. The third-order valence-electron chi connectivity index (χ3n) is 5.92. The second kappa shape index (κ2) is 7.91. The molecule has 2 saturated heterocycles. The fourth-order valence-electron chi connectivity index (χ4n) is 4.32. The van der Waals surface area contributed by atoms with Crippen LogP contribution >= 0.6 is 0 Å². The van der Waals surface area contributed by atoms with Crippen LogP contribution in [0.4, 0.5) is 11.5 Å². The number of sulfonamides is 1. The van der Waals surface area contributed by atoms with Gasteiger partial charge in [0, 0.05) is 44.0 Å². The first-order valence-electron chi connectivity index (χ1n) is 10.4. The zero-order valence-corrected chi connectivity index (χ0v) is 18.5. The molecule has 3 heterocycles. The van der Waals surface area contributed by atoms with Gasteiger partial charge in [0.15, 0.2) is 0 Å². The van der Waals surface area contributed by atoms with E-state index in [2.05, 4.69) is 22.9 Å². The molecule has 0 spiro atoms. The molecule has 0 radical (unpaired) electrons. The molecule has 8 heteroatoms. The number of hydrogen-bond donors (Lipinski definition) is 0. The van der Waals surface area contributed by atoms with Crippen LogP contribution in [0.2, 0.25) is 0 Å². The van der Waals surface area contributed by atoms with Crippen molar-refractivity contribution >= 4 is 27.4 Å². The Balaban J connectivity index is 1.42. The van der Waals surface area contributed by atoms with Crippen LogP contribution < -0.4 is 9.21 Å². The van der Waals surface area contributed by atoms with Gasteiger partial charge in [-0.25, -0.2) is 13.4 Å². The van der Waals surface area contributed by atoms with Gasteiger partial charge in [0.2, 0.25) is 10.0 Å². The van der Waals surface area contributed by atoms with Gasteiger partial charge >= 0.3 is 0 Å². The van der Waals surface area contributed by atoms with Crippen LogP contribution in [0.5, 0.6) is 0 Å². The van der Waals surface area contributed by atoms with Crippen molar-refractivity contribution in [3.05, 3.63) is 53.2 Å². The first-order valence-corrected chi connectivity index (χ1v) is 12.0. The lowest BCUT2D eigenvalue weighted by molar-refractivity contribution is 0.0746. The van der Waals surface area contributed by atoms with Gasteiger partial charge in [-0.15, -0.1) is 0 Å². The Morgan fingerprint density at radius 1 is 1.07 bits per heavy atom. The largest absolute Gasteiger partial charge is 0.353 e. The van der Waals surface area contributed by atoms with Crippen molar-refractivity contribution < 1.29 is 13.2 Å². The molecule has 1 amide bonds. The van der Waals surface area contributed by atoms with Crippen LogP contribution in [0.3, 0.4) is 0 Å². The summed E-state index contributed by atoms with van der Waals surface area (Å²) in [5.74, 6) is 1.14. The summed E-state index contributed by atoms with van der Waals surface area (Å²) in [6, 6.07) is 9.02. The topological polar surface area (TPSA) is 73.8 Å². The summed E-state index contributed by atoms with van der Waals surface area (Å²) in [5.41, 5.74) is 3.50. The van der Waals surface area contributed by atoms with Gasteiger partial charge in [-0.2, -0.15) is 0 Å². The molecule has 0 N–H and O–H groups in total. The molecule has 1 atom stereocenters. The Morgan fingerprint density at radius 3 is 2.30 bits per heavy atom. The van der Waals surface area contributed by atoms with Gasteiger partial charge < -0.3 is 9.80 Å². The van der Waals surface area contributed by atoms with Crippen molar-refractivity contribution in [1.82, 2.24) is 9.88 Å². The van der Waals surface area contributed by atoms with Gasteiger partial charge in [-0.1, -0.05) is 6.07 Å². The third kappa shape index (κ3) is 3.88. The van der Waals surface area contributed by atoms with E-state index in [1.54, 1.807) is 24.3 Å². The normalized spacial score (nSPS) is 21.2. The number of aryl methyl sites for hydroxylation is 2. The number of rotatable bonds is 3. The minimum Gasteiger partial charge on any atom is -0.353 e. The molecule has 30 heavy (non-hydrogen) atoms. The number of piperazine rings is 1. The summed E-state index contributed by atoms with van der Waals surface area (Å²) in [7, 11) is -3.26. The SMILES string of the molecule is Cc1cnc(N2CCN(C(=O)c3ccc(N4[C@H](C)CCS4(=O)=O)cc3)CC2)c(C)c1. The number of nitrogens with zero attached hydrogens (tertiary/aromatic N) is 4. The van der Waals surface area contributed by atoms with Crippen LogP contribution in [0, 0.1) is 13.8 Å². The first-order chi connectivity index (χ1) is 14.3. The fourth-order valence-corrected chi connectivity index (χ4v) is 6.25. The Labute approximate surface area is 178 Å². The fraction of sp³-hybridized carbons (Fsp3) is 0.455. The first kappa shape index (κ1) is 20.7. The predicted molar refractivity (Wildman–Crippen MR) is 119 cm³/mol. The maximum atomic E-state index is 12.9. The molecule has 4 rings (SSSR count). The molecule has 2 aromatic rings. The molecule has 0 saturated carbocycles. The lowest BCUT2D eigenvalue weighted by Crippen LogP contribution is -2.49. The van der Waals surface area contributed by atoms with Gasteiger partial charge in [0.25, 0.3) is 5.91 Å². The standard InChI is InChI=1S/C22H28N4O3S/c1-16-14-17(2)21(23-15-16)24-9-11-25(12-10-24)22(27)19-4-6-20(7-5-19)26-18(3)8-13-30(26,28)29/h4-7,14-15,18H,8-13H2,1-3H3/t18-/m1/s1. The summed E-state index contributed by atoms with van der Waals surface area (Å²) in [4.78, 5) is 21.6. The second-order valence-electron chi connectivity index (χ2n) is 8.23. The summed E-state index contributed by atoms with van der Waals surface area (Å²) >= 11 is 0. The van der Waals surface area contributed by atoms with E-state index in [0.29, 0.717) is 30.8 Å². The van der Waals surface area contributed by atoms with Crippen LogP contribution in [0.1, 0.15) is 34.8 Å². The lowest BCUT2D eigenvalue weighted by Gasteiger charge is -2.36. The quantitative estimate of drug-likeness (QED) is 0.751. The van der Waals surface area contributed by atoms with E-state index < -0.39 is 10.0 Å². The highest BCUT2D eigenvalue weighted by molar-refractivity contribution is 7.93. The molecule has 1 aromatic heterocycles. The van der Waals surface area contributed by atoms with Crippen molar-refractivity contribution in [2.75, 3.05) is 41.1 Å². The summed E-state index contributed by atoms with van der Waals surface area (Å²) < 4.78 is 26.0. The zero-order chi connectivity index (χ0) is 21.5. The smallest absolute Gasteiger partial charge is 0.253 e. The van der Waals surface area contributed by atoms with Crippen molar-refractivity contribution in [2.45, 2.75) is 33.2 Å². The zero-order valence-electron chi connectivity index (χ0n) is 17.7. The number of aromatic nitrogens is 1. The molecular formula is C22H28N4O3S. The molecule has 0 bridgehead atoms. The highest BCUT2D eigenvalue weighted by Crippen LogP contribution is 2.29. The molecule has 2 aliphatic heterocycles. The molecular weight excluding hydrogens is 400 g/mol. The van der Waals surface area contributed by atoms with Gasteiger partial charge in [-0.3, -0.25) is 9.10 Å². The van der Waals surface area contributed by atoms with E-state index >= 15 is 0 Å². The summed E-state index contributed by atoms with van der Waals surface area (Å²) in [5, 5.41) is 0. The number of amides is 1. The van der Waals surface area contributed by atoms with E-state index in [0.717, 1.165) is 30.0 Å². The average molecular weight is 429 g/mol. The van der Waals surface area contributed by atoms with E-state index in [-0.39, 0.29) is 17.7 Å². The van der Waals surface area contributed by atoms with Crippen molar-refractivity contribution in [3.8, 4) is 0 Å². The lowest BCUT2D eigenvalue weighted by atomic mass is 10.1. The van der Waals surface area contributed by atoms with Crippen molar-refractivity contribution in [1.29, 1.82) is 0 Å². The molecule has 0 aliphatic carbocycles. The van der Waals surface area contributed by atoms with Crippen molar-refractivity contribution in [3.63, 3.8) is 0 Å². The van der Waals surface area contributed by atoms with Crippen LogP contribution in [0.25, 0.3) is 0 Å². The minimum absolute atomic E-state index is 0.0212. The minimum atomic E-state index is -3.26. The summed E-state index contributed by atoms with van der Waals surface area (Å²) in [6.45, 7) is 8.75. The van der Waals surface area contributed by atoms with Gasteiger partial charge in [0.1, 0.15) is 5.82 Å². The van der Waals surface area contributed by atoms with Crippen molar-refractivity contribution in [2.24, 2.45) is 0 Å². The highest BCUT2D eigenvalue weighted by Gasteiger charge is 2.34. The number of anilines is 2. The maximum Gasteiger partial charge on any atom is 0.253 e. The maximum absolute atomic E-state index is 12.9. The molecule has 1 aromatic carbocycles. The van der Waals surface area contributed by atoms with Gasteiger partial charge in [-0.05, 0) is 62.6 Å². The molecule has 2 fully saturated rings. The Bertz CT molecular complexity index is 1040. The Hall–Kier alpha value is -2.61. The Kier molecular flexibility index (Phi) is 5.44. The number of benzene rings is 1. The van der Waals surface area contributed by atoms with Crippen LogP contribution in [-0.4, -0.2) is 62.2 Å². The third-order valence-corrected chi connectivity index (χ3v) is 7.84. The second-order valence-corrected chi connectivity index (χ2v) is 10.2.